The van der Waals surface area contributed by atoms with Gasteiger partial charge in [0.25, 0.3) is 0 Å². The van der Waals surface area contributed by atoms with Crippen LogP contribution in [0.1, 0.15) is 6.92 Å². The zero-order valence-electron chi connectivity index (χ0n) is 8.23. The molecule has 0 unspecified atom stereocenters. The molecule has 2 rings (SSSR count). The van der Waals surface area contributed by atoms with Gasteiger partial charge < -0.3 is 15.0 Å². The van der Waals surface area contributed by atoms with Crippen molar-refractivity contribution in [2.45, 2.75) is 13.7 Å². The number of nitrogens with zero attached hydrogens (tertiary/aromatic N) is 1. The van der Waals surface area contributed by atoms with Crippen molar-refractivity contribution in [3.8, 4) is 0 Å². The number of benzene rings is 1. The molecular formula is C11H14N2O. The van der Waals surface area contributed by atoms with E-state index in [1.165, 1.54) is 0 Å². The highest BCUT2D eigenvalue weighted by atomic mass is 16.5. The van der Waals surface area contributed by atoms with Crippen LogP contribution in [0.25, 0.3) is 10.9 Å². The third kappa shape index (κ3) is 1.46. The van der Waals surface area contributed by atoms with Gasteiger partial charge in [-0.15, -0.1) is 0 Å². The summed E-state index contributed by atoms with van der Waals surface area (Å²) in [5, 5.41) is 1.09. The van der Waals surface area contributed by atoms with Crippen molar-refractivity contribution in [3.63, 3.8) is 0 Å². The van der Waals surface area contributed by atoms with Crippen molar-refractivity contribution in [2.75, 3.05) is 12.3 Å². The van der Waals surface area contributed by atoms with Crippen LogP contribution in [0, 0.1) is 0 Å². The van der Waals surface area contributed by atoms with Gasteiger partial charge in [0.05, 0.1) is 5.52 Å². The SMILES string of the molecule is CCOCn1ccc2c(N)cccc21. The second-order valence-electron chi connectivity index (χ2n) is 3.19. The monoisotopic (exact) mass is 190 g/mol. The fraction of sp³-hybridized carbons (Fsp3) is 0.273. The molecule has 0 saturated heterocycles. The second kappa shape index (κ2) is 3.72. The van der Waals surface area contributed by atoms with Crippen LogP contribution in [-0.2, 0) is 11.5 Å². The van der Waals surface area contributed by atoms with Gasteiger partial charge in [-0.05, 0) is 25.1 Å². The summed E-state index contributed by atoms with van der Waals surface area (Å²) < 4.78 is 7.40. The minimum Gasteiger partial charge on any atom is -0.398 e. The molecule has 1 heterocycles. The van der Waals surface area contributed by atoms with Crippen LogP contribution >= 0.6 is 0 Å². The molecule has 0 radical (unpaired) electrons. The highest BCUT2D eigenvalue weighted by molar-refractivity contribution is 5.91. The van der Waals surface area contributed by atoms with E-state index in [1.807, 2.05) is 37.4 Å². The van der Waals surface area contributed by atoms with Crippen LogP contribution in [0.4, 0.5) is 5.69 Å². The number of aromatic nitrogens is 1. The Balaban J connectivity index is 2.42. The summed E-state index contributed by atoms with van der Waals surface area (Å²) in [5.74, 6) is 0. The number of nitrogens with two attached hydrogens (primary N) is 1. The zero-order chi connectivity index (χ0) is 9.97. The molecule has 0 fully saturated rings. The third-order valence-electron chi connectivity index (χ3n) is 2.28. The van der Waals surface area contributed by atoms with Crippen molar-refractivity contribution in [2.24, 2.45) is 0 Å². The van der Waals surface area contributed by atoms with Crippen molar-refractivity contribution in [1.29, 1.82) is 0 Å². The van der Waals surface area contributed by atoms with Crippen molar-refractivity contribution in [1.82, 2.24) is 4.57 Å². The van der Waals surface area contributed by atoms with E-state index in [4.69, 9.17) is 10.5 Å². The molecule has 0 amide bonds. The van der Waals surface area contributed by atoms with E-state index in [1.54, 1.807) is 0 Å². The molecule has 0 aliphatic carbocycles. The molecule has 0 aliphatic heterocycles. The van der Waals surface area contributed by atoms with E-state index < -0.39 is 0 Å². The van der Waals surface area contributed by atoms with Crippen molar-refractivity contribution >= 4 is 16.6 Å². The predicted octanol–water partition coefficient (Wildman–Crippen LogP) is 2.22. The minimum absolute atomic E-state index is 0.587. The number of ether oxygens (including phenoxy) is 1. The highest BCUT2D eigenvalue weighted by Gasteiger charge is 2.02. The molecule has 0 spiro atoms. The maximum Gasteiger partial charge on any atom is 0.122 e. The molecular weight excluding hydrogens is 176 g/mol. The predicted molar refractivity (Wildman–Crippen MR) is 58.0 cm³/mol. The number of fused-ring (bicyclic) bond motifs is 1. The molecule has 14 heavy (non-hydrogen) atoms. The van der Waals surface area contributed by atoms with Crippen LogP contribution in [-0.4, -0.2) is 11.2 Å². The minimum atomic E-state index is 0.587. The van der Waals surface area contributed by atoms with Gasteiger partial charge >= 0.3 is 0 Å². The van der Waals surface area contributed by atoms with Crippen LogP contribution in [0.15, 0.2) is 30.5 Å². The van der Waals surface area contributed by atoms with Crippen LogP contribution in [0.3, 0.4) is 0 Å². The lowest BCUT2D eigenvalue weighted by Gasteiger charge is -2.05. The Hall–Kier alpha value is -1.48. The molecule has 3 heteroatoms. The van der Waals surface area contributed by atoms with Gasteiger partial charge in [-0.1, -0.05) is 6.07 Å². The van der Waals surface area contributed by atoms with E-state index in [-0.39, 0.29) is 0 Å². The van der Waals surface area contributed by atoms with E-state index in [0.717, 1.165) is 23.2 Å². The fourth-order valence-corrected chi connectivity index (χ4v) is 1.55. The molecule has 0 aliphatic rings. The summed E-state index contributed by atoms with van der Waals surface area (Å²) in [6.07, 6.45) is 2.00. The van der Waals surface area contributed by atoms with Gasteiger partial charge in [-0.3, -0.25) is 0 Å². The van der Waals surface area contributed by atoms with E-state index in [2.05, 4.69) is 4.57 Å². The maximum atomic E-state index is 5.84. The number of anilines is 1. The van der Waals surface area contributed by atoms with Crippen molar-refractivity contribution < 1.29 is 4.74 Å². The number of hydrogen-bond donors (Lipinski definition) is 1. The number of hydrogen-bond acceptors (Lipinski definition) is 2. The standard InChI is InChI=1S/C11H14N2O/c1-2-14-8-13-7-6-9-10(12)4-3-5-11(9)13/h3-7H,2,8,12H2,1H3. The molecule has 2 N–H and O–H groups in total. The molecule has 74 valence electrons. The summed E-state index contributed by atoms with van der Waals surface area (Å²) in [6.45, 7) is 3.30. The summed E-state index contributed by atoms with van der Waals surface area (Å²) in [5.41, 5.74) is 7.78. The Morgan fingerprint density at radius 1 is 1.36 bits per heavy atom. The van der Waals surface area contributed by atoms with Gasteiger partial charge in [-0.25, -0.2) is 0 Å². The quantitative estimate of drug-likeness (QED) is 0.754. The average molecular weight is 190 g/mol. The Morgan fingerprint density at radius 3 is 3.00 bits per heavy atom. The lowest BCUT2D eigenvalue weighted by Crippen LogP contribution is -2.00. The second-order valence-corrected chi connectivity index (χ2v) is 3.19. The number of rotatable bonds is 3. The molecule has 3 nitrogen and oxygen atoms in total. The van der Waals surface area contributed by atoms with Gasteiger partial charge in [0.1, 0.15) is 6.73 Å². The van der Waals surface area contributed by atoms with Crippen molar-refractivity contribution in [3.05, 3.63) is 30.5 Å². The topological polar surface area (TPSA) is 40.2 Å². The van der Waals surface area contributed by atoms with Gasteiger partial charge in [0.2, 0.25) is 0 Å². The first-order chi connectivity index (χ1) is 6.83. The van der Waals surface area contributed by atoms with E-state index >= 15 is 0 Å². The van der Waals surface area contributed by atoms with Gasteiger partial charge in [-0.2, -0.15) is 0 Å². The molecule has 1 aromatic heterocycles. The van der Waals surface area contributed by atoms with Gasteiger partial charge in [0.15, 0.2) is 0 Å². The van der Waals surface area contributed by atoms with Gasteiger partial charge in [0, 0.05) is 23.9 Å². The first kappa shape index (κ1) is 9.09. The lowest BCUT2D eigenvalue weighted by molar-refractivity contribution is 0.0909. The molecule has 1 aromatic carbocycles. The summed E-state index contributed by atoms with van der Waals surface area (Å²) >= 11 is 0. The number of nitrogen functional groups attached to an aromatic ring is 1. The first-order valence-electron chi connectivity index (χ1n) is 4.74. The smallest absolute Gasteiger partial charge is 0.122 e. The van der Waals surface area contributed by atoms with E-state index in [9.17, 15) is 0 Å². The average Bonchev–Trinajstić information content (AvgIpc) is 2.60. The molecule has 0 bridgehead atoms. The molecule has 0 saturated carbocycles. The Kier molecular flexibility index (Phi) is 2.41. The molecule has 2 aromatic rings. The highest BCUT2D eigenvalue weighted by Crippen LogP contribution is 2.21. The first-order valence-corrected chi connectivity index (χ1v) is 4.74. The van der Waals surface area contributed by atoms with Crippen LogP contribution in [0.2, 0.25) is 0 Å². The van der Waals surface area contributed by atoms with E-state index in [0.29, 0.717) is 6.73 Å². The maximum absolute atomic E-state index is 5.84. The fourth-order valence-electron chi connectivity index (χ4n) is 1.55. The summed E-state index contributed by atoms with van der Waals surface area (Å²) in [4.78, 5) is 0. The van der Waals surface area contributed by atoms with Crippen LogP contribution < -0.4 is 5.73 Å². The largest absolute Gasteiger partial charge is 0.398 e. The summed E-state index contributed by atoms with van der Waals surface area (Å²) in [7, 11) is 0. The summed E-state index contributed by atoms with van der Waals surface area (Å²) in [6, 6.07) is 7.93. The molecule has 0 atom stereocenters. The van der Waals surface area contributed by atoms with Crippen LogP contribution in [0.5, 0.6) is 0 Å². The third-order valence-corrected chi connectivity index (χ3v) is 2.28. The Labute approximate surface area is 83.1 Å². The normalized spacial score (nSPS) is 10.9. The zero-order valence-corrected chi connectivity index (χ0v) is 8.23. The Morgan fingerprint density at radius 2 is 2.21 bits per heavy atom. The lowest BCUT2D eigenvalue weighted by atomic mass is 10.2. The Bertz CT molecular complexity index is 434.